The van der Waals surface area contributed by atoms with Gasteiger partial charge in [0, 0.05) is 18.9 Å². The highest BCUT2D eigenvalue weighted by Crippen LogP contribution is 2.17. The minimum absolute atomic E-state index is 0.0729. The molecule has 0 unspecified atom stereocenters. The van der Waals surface area contributed by atoms with E-state index in [1.807, 2.05) is 0 Å². The van der Waals surface area contributed by atoms with Crippen molar-refractivity contribution in [2.45, 2.75) is 12.8 Å². The second kappa shape index (κ2) is 5.82. The molecule has 1 aromatic carbocycles. The maximum atomic E-state index is 13.5. The van der Waals surface area contributed by atoms with Gasteiger partial charge in [0.05, 0.1) is 12.2 Å². The summed E-state index contributed by atoms with van der Waals surface area (Å²) in [6, 6.07) is 3.94. The van der Waals surface area contributed by atoms with E-state index in [-0.39, 0.29) is 11.3 Å². The highest BCUT2D eigenvalue weighted by atomic mass is 19.1. The summed E-state index contributed by atoms with van der Waals surface area (Å²) in [5.74, 6) is -0.981. The van der Waals surface area contributed by atoms with Gasteiger partial charge in [0.1, 0.15) is 5.82 Å². The van der Waals surface area contributed by atoms with Crippen molar-refractivity contribution in [1.29, 1.82) is 0 Å². The molecule has 0 amide bonds. The van der Waals surface area contributed by atoms with Crippen LogP contribution in [0.3, 0.4) is 0 Å². The molecule has 4 nitrogen and oxygen atoms in total. The van der Waals surface area contributed by atoms with Crippen LogP contribution in [-0.4, -0.2) is 25.8 Å². The van der Waals surface area contributed by atoms with Crippen molar-refractivity contribution in [2.24, 2.45) is 5.92 Å². The van der Waals surface area contributed by atoms with Gasteiger partial charge in [0.25, 0.3) is 0 Å². The number of rotatable bonds is 3. The summed E-state index contributed by atoms with van der Waals surface area (Å²) < 4.78 is 23.8. The standard InChI is InChI=1S/C13H16FNO3/c14-12-7-10(15)1-2-11(12)13(16)18-8-9-3-5-17-6-4-9/h1-2,7,9H,3-6,8,15H2. The predicted molar refractivity (Wildman–Crippen MR) is 64.6 cm³/mol. The number of carbonyl (C=O) groups is 1. The third-order valence-corrected chi connectivity index (χ3v) is 3.00. The number of ether oxygens (including phenoxy) is 2. The fourth-order valence-corrected chi connectivity index (χ4v) is 1.88. The Morgan fingerprint density at radius 2 is 2.17 bits per heavy atom. The van der Waals surface area contributed by atoms with Crippen LogP contribution in [0.5, 0.6) is 0 Å². The molecule has 2 rings (SSSR count). The number of esters is 1. The fourth-order valence-electron chi connectivity index (χ4n) is 1.88. The van der Waals surface area contributed by atoms with Gasteiger partial charge in [-0.2, -0.15) is 0 Å². The van der Waals surface area contributed by atoms with Gasteiger partial charge in [-0.25, -0.2) is 9.18 Å². The Labute approximate surface area is 105 Å². The van der Waals surface area contributed by atoms with E-state index in [0.717, 1.165) is 18.9 Å². The topological polar surface area (TPSA) is 61.6 Å². The molecule has 18 heavy (non-hydrogen) atoms. The van der Waals surface area contributed by atoms with Gasteiger partial charge in [-0.3, -0.25) is 0 Å². The van der Waals surface area contributed by atoms with E-state index < -0.39 is 11.8 Å². The molecule has 1 aliphatic heterocycles. The number of nitrogen functional groups attached to an aromatic ring is 1. The maximum Gasteiger partial charge on any atom is 0.341 e. The monoisotopic (exact) mass is 253 g/mol. The minimum Gasteiger partial charge on any atom is -0.462 e. The lowest BCUT2D eigenvalue weighted by Crippen LogP contribution is -2.22. The molecule has 5 heteroatoms. The van der Waals surface area contributed by atoms with Gasteiger partial charge < -0.3 is 15.2 Å². The van der Waals surface area contributed by atoms with Crippen LogP contribution in [0.4, 0.5) is 10.1 Å². The second-order valence-electron chi connectivity index (χ2n) is 4.39. The van der Waals surface area contributed by atoms with E-state index in [9.17, 15) is 9.18 Å². The number of hydrogen-bond acceptors (Lipinski definition) is 4. The first-order valence-electron chi connectivity index (χ1n) is 5.96. The molecule has 1 aromatic rings. The predicted octanol–water partition coefficient (Wildman–Crippen LogP) is 1.99. The first-order valence-corrected chi connectivity index (χ1v) is 5.96. The molecule has 0 saturated carbocycles. The fraction of sp³-hybridized carbons (Fsp3) is 0.462. The van der Waals surface area contributed by atoms with Gasteiger partial charge in [0.2, 0.25) is 0 Å². The smallest absolute Gasteiger partial charge is 0.341 e. The largest absolute Gasteiger partial charge is 0.462 e. The summed E-state index contributed by atoms with van der Waals surface area (Å²) in [6.45, 7) is 1.70. The lowest BCUT2D eigenvalue weighted by Gasteiger charge is -2.21. The Balaban J connectivity index is 1.90. The molecule has 98 valence electrons. The molecule has 1 saturated heterocycles. The lowest BCUT2D eigenvalue weighted by atomic mass is 10.0. The van der Waals surface area contributed by atoms with Crippen LogP contribution in [-0.2, 0) is 9.47 Å². The Morgan fingerprint density at radius 3 is 2.83 bits per heavy atom. The van der Waals surface area contributed by atoms with E-state index in [4.69, 9.17) is 15.2 Å². The summed E-state index contributed by atoms with van der Waals surface area (Å²) in [5.41, 5.74) is 5.63. The van der Waals surface area contributed by atoms with Gasteiger partial charge in [-0.15, -0.1) is 0 Å². The molecular weight excluding hydrogens is 237 g/mol. The van der Waals surface area contributed by atoms with Crippen LogP contribution in [0.15, 0.2) is 18.2 Å². The Kier molecular flexibility index (Phi) is 4.15. The van der Waals surface area contributed by atoms with E-state index in [0.29, 0.717) is 25.7 Å². The summed E-state index contributed by atoms with van der Waals surface area (Å²) in [6.07, 6.45) is 1.75. The molecule has 0 bridgehead atoms. The van der Waals surface area contributed by atoms with Crippen molar-refractivity contribution >= 4 is 11.7 Å². The van der Waals surface area contributed by atoms with Crippen LogP contribution in [0, 0.1) is 11.7 Å². The first kappa shape index (κ1) is 12.8. The number of nitrogens with two attached hydrogens (primary N) is 1. The zero-order valence-corrected chi connectivity index (χ0v) is 10.0. The van der Waals surface area contributed by atoms with E-state index in [1.165, 1.54) is 12.1 Å². The summed E-state index contributed by atoms with van der Waals surface area (Å²) >= 11 is 0. The summed E-state index contributed by atoms with van der Waals surface area (Å²) in [5, 5.41) is 0. The van der Waals surface area contributed by atoms with Crippen molar-refractivity contribution in [1.82, 2.24) is 0 Å². The molecular formula is C13H16FNO3. The van der Waals surface area contributed by atoms with Gasteiger partial charge >= 0.3 is 5.97 Å². The average molecular weight is 253 g/mol. The molecule has 0 aromatic heterocycles. The first-order chi connectivity index (χ1) is 8.66. The van der Waals surface area contributed by atoms with Crippen molar-refractivity contribution in [2.75, 3.05) is 25.6 Å². The van der Waals surface area contributed by atoms with Crippen LogP contribution in [0.2, 0.25) is 0 Å². The molecule has 1 aliphatic rings. The quantitative estimate of drug-likeness (QED) is 0.661. The normalized spacial score (nSPS) is 16.5. The number of benzene rings is 1. The zero-order valence-electron chi connectivity index (χ0n) is 10.0. The van der Waals surface area contributed by atoms with Gasteiger partial charge in [0.15, 0.2) is 0 Å². The minimum atomic E-state index is -0.646. The Bertz CT molecular complexity index is 430. The Morgan fingerprint density at radius 1 is 1.44 bits per heavy atom. The van der Waals surface area contributed by atoms with Crippen LogP contribution in [0.1, 0.15) is 23.2 Å². The van der Waals surface area contributed by atoms with Crippen molar-refractivity contribution in [3.05, 3.63) is 29.6 Å². The summed E-state index contributed by atoms with van der Waals surface area (Å²) in [7, 11) is 0. The van der Waals surface area contributed by atoms with Crippen LogP contribution < -0.4 is 5.73 Å². The molecule has 0 spiro atoms. The number of hydrogen-bond donors (Lipinski definition) is 1. The zero-order chi connectivity index (χ0) is 13.0. The number of halogens is 1. The van der Waals surface area contributed by atoms with Crippen molar-refractivity contribution in [3.8, 4) is 0 Å². The highest BCUT2D eigenvalue weighted by molar-refractivity contribution is 5.90. The second-order valence-corrected chi connectivity index (χ2v) is 4.39. The van der Waals surface area contributed by atoms with Gasteiger partial charge in [-0.1, -0.05) is 0 Å². The molecule has 1 fully saturated rings. The maximum absolute atomic E-state index is 13.5. The Hall–Kier alpha value is -1.62. The number of carbonyl (C=O) groups excluding carboxylic acids is 1. The van der Waals surface area contributed by atoms with Gasteiger partial charge in [-0.05, 0) is 37.0 Å². The molecule has 1 heterocycles. The van der Waals surface area contributed by atoms with Crippen LogP contribution in [0.25, 0.3) is 0 Å². The molecule has 0 atom stereocenters. The van der Waals surface area contributed by atoms with Crippen molar-refractivity contribution in [3.63, 3.8) is 0 Å². The lowest BCUT2D eigenvalue weighted by molar-refractivity contribution is 0.0182. The van der Waals surface area contributed by atoms with E-state index in [1.54, 1.807) is 0 Å². The van der Waals surface area contributed by atoms with Crippen LogP contribution >= 0.6 is 0 Å². The van der Waals surface area contributed by atoms with Crippen molar-refractivity contribution < 1.29 is 18.7 Å². The van der Waals surface area contributed by atoms with E-state index >= 15 is 0 Å². The highest BCUT2D eigenvalue weighted by Gasteiger charge is 2.18. The third kappa shape index (κ3) is 3.20. The molecule has 0 radical (unpaired) electrons. The molecule has 2 N–H and O–H groups in total. The number of anilines is 1. The SMILES string of the molecule is Nc1ccc(C(=O)OCC2CCOCC2)c(F)c1. The van der Waals surface area contributed by atoms with E-state index in [2.05, 4.69) is 0 Å². The third-order valence-electron chi connectivity index (χ3n) is 3.00. The average Bonchev–Trinajstić information content (AvgIpc) is 2.37. The molecule has 0 aliphatic carbocycles. The summed E-state index contributed by atoms with van der Waals surface area (Å²) in [4.78, 5) is 11.7.